The number of hydrogen-bond donors (Lipinski definition) is 1. The van der Waals surface area contributed by atoms with Gasteiger partial charge in [0.05, 0.1) is 5.52 Å². The molecule has 100 valence electrons. The minimum absolute atomic E-state index is 0.230. The van der Waals surface area contributed by atoms with Crippen LogP contribution in [0, 0.1) is 0 Å². The predicted molar refractivity (Wildman–Crippen MR) is 76.5 cm³/mol. The fraction of sp³-hybridized carbons (Fsp3) is 0.0833. The van der Waals surface area contributed by atoms with E-state index in [1.54, 1.807) is 6.33 Å². The van der Waals surface area contributed by atoms with Crippen LogP contribution in [0.1, 0.15) is 6.92 Å². The van der Waals surface area contributed by atoms with Crippen molar-refractivity contribution in [3.8, 4) is 5.82 Å². The highest BCUT2D eigenvalue weighted by molar-refractivity contribution is 9.10. The number of rotatable bonds is 2. The molecule has 3 aromatic rings. The Morgan fingerprint density at radius 3 is 2.90 bits per heavy atom. The van der Waals surface area contributed by atoms with Crippen molar-refractivity contribution in [2.45, 2.75) is 6.92 Å². The number of nitrogens with one attached hydrogen (secondary N) is 1. The number of fused-ring (bicyclic) bond motifs is 1. The monoisotopic (exact) mass is 332 g/mol. The molecule has 1 amide bonds. The number of nitrogens with zero attached hydrogens (tertiary/aromatic N) is 5. The van der Waals surface area contributed by atoms with Gasteiger partial charge in [-0.1, -0.05) is 15.9 Å². The molecule has 0 fully saturated rings. The first kappa shape index (κ1) is 12.7. The van der Waals surface area contributed by atoms with Crippen LogP contribution < -0.4 is 5.32 Å². The van der Waals surface area contributed by atoms with Crippen molar-refractivity contribution >= 4 is 38.7 Å². The summed E-state index contributed by atoms with van der Waals surface area (Å²) in [5.41, 5.74) is 0.698. The van der Waals surface area contributed by atoms with E-state index in [4.69, 9.17) is 0 Å². The maximum absolute atomic E-state index is 11.2. The number of benzene rings is 1. The molecule has 2 aromatic heterocycles. The van der Waals surface area contributed by atoms with Gasteiger partial charge in [-0.15, -0.1) is 0 Å². The zero-order valence-electron chi connectivity index (χ0n) is 10.4. The van der Waals surface area contributed by atoms with E-state index < -0.39 is 0 Å². The van der Waals surface area contributed by atoms with Gasteiger partial charge < -0.3 is 0 Å². The summed E-state index contributed by atoms with van der Waals surface area (Å²) in [7, 11) is 0. The van der Waals surface area contributed by atoms with E-state index in [0.29, 0.717) is 11.3 Å². The molecule has 7 nitrogen and oxygen atoms in total. The number of aromatic nitrogens is 5. The zero-order valence-corrected chi connectivity index (χ0v) is 12.0. The zero-order chi connectivity index (χ0) is 14.1. The van der Waals surface area contributed by atoms with Gasteiger partial charge in [0.1, 0.15) is 12.7 Å². The smallest absolute Gasteiger partial charge is 0.232 e. The molecule has 2 heterocycles. The second-order valence-corrected chi connectivity index (χ2v) is 4.97. The van der Waals surface area contributed by atoms with E-state index in [0.717, 1.165) is 9.86 Å². The van der Waals surface area contributed by atoms with E-state index in [2.05, 4.69) is 41.3 Å². The largest absolute Gasteiger partial charge is 0.295 e. The summed E-state index contributed by atoms with van der Waals surface area (Å²) in [5, 5.41) is 7.46. The first-order valence-electron chi connectivity index (χ1n) is 5.73. The number of carbonyl (C=O) groups is 1. The number of halogens is 1. The third-order valence-corrected chi connectivity index (χ3v) is 3.06. The molecule has 0 radical (unpaired) electrons. The van der Waals surface area contributed by atoms with Gasteiger partial charge in [-0.2, -0.15) is 10.1 Å². The number of anilines is 1. The summed E-state index contributed by atoms with van der Waals surface area (Å²) in [6.07, 6.45) is 2.96. The molecule has 0 unspecified atom stereocenters. The standard InChI is InChI=1S/C12H9BrN6O/c1-7(20)16-12-17-10-4-8(13)2-3-9(10)11(18-12)19-6-14-5-15-19/h2-6H,1H3,(H,16,17,18,20). The fourth-order valence-corrected chi connectivity index (χ4v) is 2.14. The van der Waals surface area contributed by atoms with Crippen molar-refractivity contribution in [1.29, 1.82) is 0 Å². The molecule has 8 heteroatoms. The Labute approximate surface area is 122 Å². The maximum Gasteiger partial charge on any atom is 0.232 e. The summed E-state index contributed by atoms with van der Waals surface area (Å²) < 4.78 is 2.42. The Morgan fingerprint density at radius 2 is 2.20 bits per heavy atom. The quantitative estimate of drug-likeness (QED) is 0.774. The molecule has 1 aromatic carbocycles. The van der Waals surface area contributed by atoms with Gasteiger partial charge in [-0.05, 0) is 18.2 Å². The van der Waals surface area contributed by atoms with E-state index in [9.17, 15) is 4.79 Å². The molecule has 3 rings (SSSR count). The second-order valence-electron chi connectivity index (χ2n) is 4.05. The van der Waals surface area contributed by atoms with Crippen molar-refractivity contribution in [3.63, 3.8) is 0 Å². The molecule has 0 aliphatic heterocycles. The average molecular weight is 333 g/mol. The number of hydrogen-bond acceptors (Lipinski definition) is 5. The van der Waals surface area contributed by atoms with E-state index >= 15 is 0 Å². The van der Waals surface area contributed by atoms with Crippen LogP contribution in [-0.2, 0) is 4.79 Å². The number of amides is 1. The van der Waals surface area contributed by atoms with Gasteiger partial charge >= 0.3 is 0 Å². The van der Waals surface area contributed by atoms with E-state index in [-0.39, 0.29) is 11.9 Å². The van der Waals surface area contributed by atoms with Crippen molar-refractivity contribution in [3.05, 3.63) is 35.3 Å². The van der Waals surface area contributed by atoms with Gasteiger partial charge in [-0.3, -0.25) is 10.1 Å². The third-order valence-electron chi connectivity index (χ3n) is 2.56. The lowest BCUT2D eigenvalue weighted by Crippen LogP contribution is -2.11. The molecule has 1 N–H and O–H groups in total. The highest BCUT2D eigenvalue weighted by atomic mass is 79.9. The van der Waals surface area contributed by atoms with Crippen LogP contribution in [0.5, 0.6) is 0 Å². The highest BCUT2D eigenvalue weighted by Crippen LogP contribution is 2.23. The van der Waals surface area contributed by atoms with Gasteiger partial charge in [0.25, 0.3) is 0 Å². The van der Waals surface area contributed by atoms with Crippen molar-refractivity contribution in [2.75, 3.05) is 5.32 Å². The van der Waals surface area contributed by atoms with Crippen LogP contribution in [0.4, 0.5) is 5.95 Å². The van der Waals surface area contributed by atoms with Crippen LogP contribution in [-0.4, -0.2) is 30.6 Å². The summed E-state index contributed by atoms with van der Waals surface area (Å²) >= 11 is 3.40. The first-order chi connectivity index (χ1) is 9.63. The van der Waals surface area contributed by atoms with Gasteiger partial charge in [0.2, 0.25) is 11.9 Å². The summed E-state index contributed by atoms with van der Waals surface area (Å²) in [5.74, 6) is 0.557. The number of carbonyl (C=O) groups excluding carboxylic acids is 1. The fourth-order valence-electron chi connectivity index (χ4n) is 1.79. The Morgan fingerprint density at radius 1 is 1.35 bits per heavy atom. The SMILES string of the molecule is CC(=O)Nc1nc(-n2cncn2)c2ccc(Br)cc2n1. The van der Waals surface area contributed by atoms with Gasteiger partial charge in [0, 0.05) is 16.8 Å². The van der Waals surface area contributed by atoms with Crippen LogP contribution in [0.15, 0.2) is 35.3 Å². The molecule has 0 aliphatic carbocycles. The highest BCUT2D eigenvalue weighted by Gasteiger charge is 2.11. The molecule has 0 atom stereocenters. The Hall–Kier alpha value is -2.35. The van der Waals surface area contributed by atoms with Gasteiger partial charge in [-0.25, -0.2) is 14.6 Å². The average Bonchev–Trinajstić information content (AvgIpc) is 2.90. The van der Waals surface area contributed by atoms with Crippen molar-refractivity contribution < 1.29 is 4.79 Å². The Balaban J connectivity index is 2.27. The molecule has 0 spiro atoms. The molecule has 0 saturated carbocycles. The molecule has 0 bridgehead atoms. The van der Waals surface area contributed by atoms with Crippen LogP contribution in [0.25, 0.3) is 16.7 Å². The maximum atomic E-state index is 11.2. The predicted octanol–water partition coefficient (Wildman–Crippen LogP) is 1.93. The lowest BCUT2D eigenvalue weighted by molar-refractivity contribution is -0.114. The van der Waals surface area contributed by atoms with E-state index in [1.807, 2.05) is 18.2 Å². The molecule has 0 saturated heterocycles. The topological polar surface area (TPSA) is 85.6 Å². The molecule has 0 aliphatic rings. The Bertz CT molecular complexity index is 786. The normalized spacial score (nSPS) is 10.7. The second kappa shape index (κ2) is 4.97. The van der Waals surface area contributed by atoms with Crippen molar-refractivity contribution in [2.24, 2.45) is 0 Å². The molecular formula is C12H9BrN6O. The molecule has 20 heavy (non-hydrogen) atoms. The first-order valence-corrected chi connectivity index (χ1v) is 6.52. The Kier molecular flexibility index (Phi) is 3.15. The van der Waals surface area contributed by atoms with Crippen molar-refractivity contribution in [1.82, 2.24) is 24.7 Å². The summed E-state index contributed by atoms with van der Waals surface area (Å²) in [6, 6.07) is 5.63. The van der Waals surface area contributed by atoms with Gasteiger partial charge in [0.15, 0.2) is 5.82 Å². The summed E-state index contributed by atoms with van der Waals surface area (Å²) in [4.78, 5) is 23.7. The lowest BCUT2D eigenvalue weighted by Gasteiger charge is -2.08. The summed E-state index contributed by atoms with van der Waals surface area (Å²) in [6.45, 7) is 1.41. The van der Waals surface area contributed by atoms with Crippen LogP contribution >= 0.6 is 15.9 Å². The van der Waals surface area contributed by atoms with E-state index in [1.165, 1.54) is 17.9 Å². The van der Waals surface area contributed by atoms with Crippen LogP contribution in [0.2, 0.25) is 0 Å². The minimum Gasteiger partial charge on any atom is -0.295 e. The lowest BCUT2D eigenvalue weighted by atomic mass is 10.2. The third kappa shape index (κ3) is 2.37. The molecular weight excluding hydrogens is 324 g/mol. The minimum atomic E-state index is -0.233. The van der Waals surface area contributed by atoms with Crippen LogP contribution in [0.3, 0.4) is 0 Å².